The fraction of sp³-hybridized carbons (Fsp3) is 0.238. The van der Waals surface area contributed by atoms with Crippen molar-refractivity contribution in [2.75, 3.05) is 17.7 Å². The van der Waals surface area contributed by atoms with Crippen LogP contribution in [0.25, 0.3) is 11.5 Å². The second-order valence-electron chi connectivity index (χ2n) is 6.29. The number of esters is 1. The zero-order valence-corrected chi connectivity index (χ0v) is 17.0. The number of carbonyl (C=O) groups excluding carboxylic acids is 2. The molecule has 0 bridgehead atoms. The first kappa shape index (κ1) is 20.6. The number of hydrogen-bond acceptors (Lipinski definition) is 7. The van der Waals surface area contributed by atoms with Crippen molar-refractivity contribution >= 4 is 29.3 Å². The van der Waals surface area contributed by atoms with Gasteiger partial charge in [0.05, 0.1) is 17.9 Å². The van der Waals surface area contributed by atoms with Crippen molar-refractivity contribution in [2.45, 2.75) is 25.5 Å². The number of ether oxygens (including phenoxy) is 1. The van der Waals surface area contributed by atoms with Gasteiger partial charge in [0, 0.05) is 11.3 Å². The van der Waals surface area contributed by atoms with Crippen molar-refractivity contribution in [1.29, 1.82) is 0 Å². The van der Waals surface area contributed by atoms with E-state index in [0.717, 1.165) is 29.3 Å². The average molecular weight is 411 g/mol. The smallest absolute Gasteiger partial charge is 0.338 e. The summed E-state index contributed by atoms with van der Waals surface area (Å²) in [7, 11) is 0. The van der Waals surface area contributed by atoms with Gasteiger partial charge in [0.25, 0.3) is 5.22 Å². The highest BCUT2D eigenvalue weighted by atomic mass is 32.2. The quantitative estimate of drug-likeness (QED) is 0.435. The van der Waals surface area contributed by atoms with Crippen LogP contribution in [0, 0.1) is 6.92 Å². The van der Waals surface area contributed by atoms with Crippen molar-refractivity contribution < 1.29 is 18.7 Å². The van der Waals surface area contributed by atoms with Crippen molar-refractivity contribution in [3.05, 3.63) is 59.7 Å². The lowest BCUT2D eigenvalue weighted by Crippen LogP contribution is -2.14. The summed E-state index contributed by atoms with van der Waals surface area (Å²) in [5.41, 5.74) is 2.88. The van der Waals surface area contributed by atoms with Gasteiger partial charge in [0.1, 0.15) is 0 Å². The van der Waals surface area contributed by atoms with Gasteiger partial charge in [-0.05, 0) is 43.7 Å². The minimum absolute atomic E-state index is 0.0973. The summed E-state index contributed by atoms with van der Waals surface area (Å²) in [6.07, 6.45) is 0.751. The van der Waals surface area contributed by atoms with E-state index in [4.69, 9.17) is 9.15 Å². The Morgan fingerprint density at radius 3 is 2.69 bits per heavy atom. The van der Waals surface area contributed by atoms with Crippen molar-refractivity contribution in [3.63, 3.8) is 0 Å². The van der Waals surface area contributed by atoms with E-state index >= 15 is 0 Å². The van der Waals surface area contributed by atoms with E-state index in [2.05, 4.69) is 15.5 Å². The summed E-state index contributed by atoms with van der Waals surface area (Å²) >= 11 is 1.14. The number of rotatable bonds is 8. The van der Waals surface area contributed by atoms with Crippen LogP contribution in [-0.4, -0.2) is 34.4 Å². The molecule has 0 aliphatic rings. The van der Waals surface area contributed by atoms with Gasteiger partial charge in [-0.25, -0.2) is 4.79 Å². The van der Waals surface area contributed by atoms with E-state index in [1.807, 2.05) is 38.1 Å². The predicted molar refractivity (Wildman–Crippen MR) is 111 cm³/mol. The van der Waals surface area contributed by atoms with E-state index in [0.29, 0.717) is 29.0 Å². The molecule has 0 spiro atoms. The van der Waals surface area contributed by atoms with Crippen LogP contribution in [0.2, 0.25) is 0 Å². The number of nitrogens with one attached hydrogen (secondary N) is 1. The number of anilines is 1. The van der Waals surface area contributed by atoms with E-state index in [1.54, 1.807) is 24.3 Å². The van der Waals surface area contributed by atoms with Crippen LogP contribution in [0.5, 0.6) is 0 Å². The molecule has 29 heavy (non-hydrogen) atoms. The maximum atomic E-state index is 12.2. The highest BCUT2D eigenvalue weighted by molar-refractivity contribution is 7.99. The van der Waals surface area contributed by atoms with Crippen molar-refractivity contribution in [1.82, 2.24) is 10.2 Å². The summed E-state index contributed by atoms with van der Waals surface area (Å²) in [6.45, 7) is 4.29. The summed E-state index contributed by atoms with van der Waals surface area (Å²) in [6, 6.07) is 14.4. The second-order valence-corrected chi connectivity index (χ2v) is 7.22. The third kappa shape index (κ3) is 5.92. The third-order valence-corrected chi connectivity index (χ3v) is 4.67. The molecule has 0 radical (unpaired) electrons. The number of aryl methyl sites for hydroxylation is 1. The largest absolute Gasteiger partial charge is 0.462 e. The number of nitrogens with zero attached hydrogens (tertiary/aromatic N) is 2. The predicted octanol–water partition coefficient (Wildman–Crippen LogP) is 4.34. The number of hydrogen-bond donors (Lipinski definition) is 1. The first-order chi connectivity index (χ1) is 14.0. The Morgan fingerprint density at radius 2 is 1.93 bits per heavy atom. The molecule has 8 heteroatoms. The molecule has 3 rings (SSSR count). The molecule has 0 aliphatic heterocycles. The van der Waals surface area contributed by atoms with Crippen LogP contribution < -0.4 is 5.32 Å². The second kappa shape index (κ2) is 9.88. The van der Waals surface area contributed by atoms with Gasteiger partial charge in [-0.15, -0.1) is 10.2 Å². The fourth-order valence-corrected chi connectivity index (χ4v) is 2.97. The highest BCUT2D eigenvalue weighted by Gasteiger charge is 2.12. The summed E-state index contributed by atoms with van der Waals surface area (Å²) < 4.78 is 10.7. The molecule has 150 valence electrons. The van der Waals surface area contributed by atoms with Gasteiger partial charge < -0.3 is 14.5 Å². The summed E-state index contributed by atoms with van der Waals surface area (Å²) in [5, 5.41) is 11.0. The van der Waals surface area contributed by atoms with E-state index in [1.165, 1.54) is 0 Å². The standard InChI is InChI=1S/C21H21N3O4S/c1-3-11-27-20(26)16-5-4-6-17(12-16)22-18(25)13-29-21-24-23-19(28-21)15-9-7-14(2)8-10-15/h4-10,12H,3,11,13H2,1-2H3,(H,22,25). The number of carbonyl (C=O) groups is 2. The topological polar surface area (TPSA) is 94.3 Å². The van der Waals surface area contributed by atoms with Gasteiger partial charge in [-0.2, -0.15) is 0 Å². The van der Waals surface area contributed by atoms with E-state index in [-0.39, 0.29) is 11.7 Å². The number of benzene rings is 2. The zero-order chi connectivity index (χ0) is 20.6. The van der Waals surface area contributed by atoms with Gasteiger partial charge in [-0.3, -0.25) is 4.79 Å². The molecule has 1 N–H and O–H groups in total. The van der Waals surface area contributed by atoms with Crippen LogP contribution in [0.4, 0.5) is 5.69 Å². The number of aromatic nitrogens is 2. The van der Waals surface area contributed by atoms with Crippen molar-refractivity contribution in [2.24, 2.45) is 0 Å². The van der Waals surface area contributed by atoms with Gasteiger partial charge >= 0.3 is 5.97 Å². The molecule has 1 heterocycles. The molecule has 0 aliphatic carbocycles. The molecule has 0 saturated heterocycles. The molecule has 1 aromatic heterocycles. The minimum atomic E-state index is -0.410. The van der Waals surface area contributed by atoms with Crippen LogP contribution in [0.15, 0.2) is 58.2 Å². The molecule has 0 fully saturated rings. The van der Waals surface area contributed by atoms with E-state index < -0.39 is 5.97 Å². The zero-order valence-electron chi connectivity index (χ0n) is 16.2. The van der Waals surface area contributed by atoms with Crippen molar-refractivity contribution in [3.8, 4) is 11.5 Å². The maximum Gasteiger partial charge on any atom is 0.338 e. The normalized spacial score (nSPS) is 10.6. The lowest BCUT2D eigenvalue weighted by Gasteiger charge is -2.07. The first-order valence-corrected chi connectivity index (χ1v) is 10.1. The number of thioether (sulfide) groups is 1. The number of amides is 1. The molecule has 2 aromatic carbocycles. The van der Waals surface area contributed by atoms with E-state index in [9.17, 15) is 9.59 Å². The SMILES string of the molecule is CCCOC(=O)c1cccc(NC(=O)CSc2nnc(-c3ccc(C)cc3)o2)c1. The lowest BCUT2D eigenvalue weighted by molar-refractivity contribution is -0.113. The lowest BCUT2D eigenvalue weighted by atomic mass is 10.1. The average Bonchev–Trinajstić information content (AvgIpc) is 3.20. The molecular formula is C21H21N3O4S. The summed E-state index contributed by atoms with van der Waals surface area (Å²) in [4.78, 5) is 24.1. The Hall–Kier alpha value is -3.13. The third-order valence-electron chi connectivity index (χ3n) is 3.85. The molecule has 7 nitrogen and oxygen atoms in total. The Kier molecular flexibility index (Phi) is 7.02. The Balaban J connectivity index is 1.54. The highest BCUT2D eigenvalue weighted by Crippen LogP contribution is 2.23. The van der Waals surface area contributed by atoms with Crippen LogP contribution in [0.1, 0.15) is 29.3 Å². The minimum Gasteiger partial charge on any atom is -0.462 e. The van der Waals surface area contributed by atoms with Gasteiger partial charge in [0.2, 0.25) is 11.8 Å². The van der Waals surface area contributed by atoms with Gasteiger partial charge in [-0.1, -0.05) is 42.4 Å². The Morgan fingerprint density at radius 1 is 1.14 bits per heavy atom. The molecular weight excluding hydrogens is 390 g/mol. The molecule has 3 aromatic rings. The molecule has 1 amide bonds. The monoisotopic (exact) mass is 411 g/mol. The Bertz CT molecular complexity index is 986. The Labute approximate surface area is 172 Å². The van der Waals surface area contributed by atoms with Crippen LogP contribution in [0.3, 0.4) is 0 Å². The molecule has 0 unspecified atom stereocenters. The molecule has 0 saturated carbocycles. The summed E-state index contributed by atoms with van der Waals surface area (Å²) in [5.74, 6) is -0.151. The van der Waals surface area contributed by atoms with Gasteiger partial charge in [0.15, 0.2) is 0 Å². The van der Waals surface area contributed by atoms with Crippen LogP contribution >= 0.6 is 11.8 Å². The molecule has 0 atom stereocenters. The van der Waals surface area contributed by atoms with Crippen LogP contribution in [-0.2, 0) is 9.53 Å². The first-order valence-electron chi connectivity index (χ1n) is 9.15. The fourth-order valence-electron chi connectivity index (χ4n) is 2.41. The maximum absolute atomic E-state index is 12.2.